The molecule has 1 aliphatic heterocycles. The summed E-state index contributed by atoms with van der Waals surface area (Å²) in [6.07, 6.45) is 2.10. The number of carbonyl (C=O) groups excluding carboxylic acids is 1. The zero-order valence-corrected chi connectivity index (χ0v) is 18.4. The molecule has 1 atom stereocenters. The monoisotopic (exact) mass is 470 g/mol. The Balaban J connectivity index is 1.55. The van der Waals surface area contributed by atoms with E-state index in [1.807, 2.05) is 6.26 Å². The zero-order chi connectivity index (χ0) is 22.3. The van der Waals surface area contributed by atoms with Crippen molar-refractivity contribution in [3.8, 4) is 17.2 Å². The fourth-order valence-electron chi connectivity index (χ4n) is 2.83. The van der Waals surface area contributed by atoms with Crippen LogP contribution in [0.25, 0.3) is 0 Å². The minimum absolute atomic E-state index is 0.157. The Bertz CT molecular complexity index is 1020. The van der Waals surface area contributed by atoms with Crippen molar-refractivity contribution in [2.24, 2.45) is 0 Å². The lowest BCUT2D eigenvalue weighted by Crippen LogP contribution is -2.47. The lowest BCUT2D eigenvalue weighted by Gasteiger charge is -2.18. The highest BCUT2D eigenvalue weighted by Crippen LogP contribution is 2.34. The maximum Gasteiger partial charge on any atom is 0.244 e. The Kier molecular flexibility index (Phi) is 7.99. The van der Waals surface area contributed by atoms with Gasteiger partial charge in [0.2, 0.25) is 22.7 Å². The molecule has 31 heavy (non-hydrogen) atoms. The van der Waals surface area contributed by atoms with E-state index >= 15 is 0 Å². The Morgan fingerprint density at radius 1 is 1.23 bits per heavy atom. The minimum atomic E-state index is -4.20. The van der Waals surface area contributed by atoms with E-state index in [9.17, 15) is 17.6 Å². The van der Waals surface area contributed by atoms with Crippen molar-refractivity contribution in [3.63, 3.8) is 0 Å². The maximum atomic E-state index is 13.9. The molecule has 0 fully saturated rings. The molecule has 0 bridgehead atoms. The van der Waals surface area contributed by atoms with Crippen LogP contribution < -0.4 is 24.2 Å². The highest BCUT2D eigenvalue weighted by Gasteiger charge is 2.27. The molecule has 2 aromatic carbocycles. The van der Waals surface area contributed by atoms with Crippen LogP contribution in [0.4, 0.5) is 4.39 Å². The second-order valence-electron chi connectivity index (χ2n) is 6.54. The second-order valence-corrected chi connectivity index (χ2v) is 9.21. The normalized spacial score (nSPS) is 13.6. The fourth-order valence-corrected chi connectivity index (χ4v) is 4.61. The zero-order valence-electron chi connectivity index (χ0n) is 16.8. The van der Waals surface area contributed by atoms with E-state index < -0.39 is 32.7 Å². The average Bonchev–Trinajstić information content (AvgIpc) is 3.22. The standard InChI is InChI=1S/C20H23FN2O6S2/c1-30-11-8-16(23-31(25,26)19-5-3-2-4-15(19)21)20(24)22-9-10-27-14-6-7-17-18(12-14)29-13-28-17/h2-7,12,16,23H,8-11,13H2,1H3,(H,22,24). The highest BCUT2D eigenvalue weighted by molar-refractivity contribution is 7.98. The van der Waals surface area contributed by atoms with E-state index in [2.05, 4.69) is 10.0 Å². The summed E-state index contributed by atoms with van der Waals surface area (Å²) < 4.78 is 57.4. The average molecular weight is 471 g/mol. The molecule has 1 aliphatic rings. The molecule has 2 N–H and O–H groups in total. The Morgan fingerprint density at radius 3 is 2.77 bits per heavy atom. The van der Waals surface area contributed by atoms with Crippen LogP contribution in [-0.2, 0) is 14.8 Å². The molecule has 0 spiro atoms. The summed E-state index contributed by atoms with van der Waals surface area (Å²) in [6.45, 7) is 0.486. The van der Waals surface area contributed by atoms with Gasteiger partial charge in [0.15, 0.2) is 11.5 Å². The van der Waals surface area contributed by atoms with Gasteiger partial charge in [0.25, 0.3) is 0 Å². The van der Waals surface area contributed by atoms with Gasteiger partial charge in [0, 0.05) is 6.07 Å². The molecule has 2 aromatic rings. The van der Waals surface area contributed by atoms with Crippen molar-refractivity contribution >= 4 is 27.7 Å². The first kappa shape index (κ1) is 23.2. The lowest BCUT2D eigenvalue weighted by molar-refractivity contribution is -0.122. The minimum Gasteiger partial charge on any atom is -0.492 e. The molecule has 0 aliphatic carbocycles. The van der Waals surface area contributed by atoms with Gasteiger partial charge in [-0.2, -0.15) is 16.5 Å². The molecule has 1 unspecified atom stereocenters. The molecule has 3 rings (SSSR count). The molecule has 0 aromatic heterocycles. The summed E-state index contributed by atoms with van der Waals surface area (Å²) >= 11 is 1.47. The largest absolute Gasteiger partial charge is 0.492 e. The van der Waals surface area contributed by atoms with E-state index in [-0.39, 0.29) is 26.4 Å². The highest BCUT2D eigenvalue weighted by atomic mass is 32.2. The molecule has 1 heterocycles. The second kappa shape index (κ2) is 10.7. The number of hydrogen-bond acceptors (Lipinski definition) is 7. The van der Waals surface area contributed by atoms with Gasteiger partial charge >= 0.3 is 0 Å². The molecule has 0 saturated heterocycles. The molecular formula is C20H23FN2O6S2. The Labute approximate surface area is 184 Å². The van der Waals surface area contributed by atoms with E-state index in [1.54, 1.807) is 18.2 Å². The van der Waals surface area contributed by atoms with Gasteiger partial charge in [-0.25, -0.2) is 12.8 Å². The SMILES string of the molecule is CSCCC(NS(=O)(=O)c1ccccc1F)C(=O)NCCOc1ccc2c(c1)OCO2. The first-order valence-electron chi connectivity index (χ1n) is 9.46. The number of thioether (sulfide) groups is 1. The molecule has 8 nitrogen and oxygen atoms in total. The predicted octanol–water partition coefficient (Wildman–Crippen LogP) is 2.15. The molecular weight excluding hydrogens is 447 g/mol. The smallest absolute Gasteiger partial charge is 0.244 e. The van der Waals surface area contributed by atoms with Crippen LogP contribution in [0.2, 0.25) is 0 Å². The number of fused-ring (bicyclic) bond motifs is 1. The number of benzene rings is 2. The number of nitrogens with one attached hydrogen (secondary N) is 2. The van der Waals surface area contributed by atoms with Gasteiger partial charge in [-0.3, -0.25) is 4.79 Å². The van der Waals surface area contributed by atoms with Crippen molar-refractivity contribution in [3.05, 3.63) is 48.3 Å². The maximum absolute atomic E-state index is 13.9. The van der Waals surface area contributed by atoms with Crippen LogP contribution in [0, 0.1) is 5.82 Å². The third-order valence-electron chi connectivity index (χ3n) is 4.36. The summed E-state index contributed by atoms with van der Waals surface area (Å²) in [5, 5.41) is 2.65. The van der Waals surface area contributed by atoms with Crippen LogP contribution in [-0.4, -0.2) is 52.3 Å². The number of amides is 1. The van der Waals surface area contributed by atoms with E-state index in [4.69, 9.17) is 14.2 Å². The van der Waals surface area contributed by atoms with Crippen LogP contribution in [0.3, 0.4) is 0 Å². The first-order chi connectivity index (χ1) is 14.9. The molecule has 0 saturated carbocycles. The number of hydrogen-bond donors (Lipinski definition) is 2. The summed E-state index contributed by atoms with van der Waals surface area (Å²) in [4.78, 5) is 12.1. The van der Waals surface area contributed by atoms with E-state index in [1.165, 1.54) is 23.9 Å². The number of ether oxygens (including phenoxy) is 3. The summed E-state index contributed by atoms with van der Waals surface area (Å²) in [6, 6.07) is 9.12. The molecule has 1 amide bonds. The lowest BCUT2D eigenvalue weighted by atomic mass is 10.2. The summed E-state index contributed by atoms with van der Waals surface area (Å²) in [5.41, 5.74) is 0. The Hall–Kier alpha value is -2.50. The van der Waals surface area contributed by atoms with Crippen LogP contribution in [0.15, 0.2) is 47.4 Å². The topological polar surface area (TPSA) is 103 Å². The third-order valence-corrected chi connectivity index (χ3v) is 6.51. The van der Waals surface area contributed by atoms with Crippen LogP contribution >= 0.6 is 11.8 Å². The van der Waals surface area contributed by atoms with Gasteiger partial charge in [0.05, 0.1) is 6.54 Å². The van der Waals surface area contributed by atoms with Crippen molar-refractivity contribution in [1.82, 2.24) is 10.0 Å². The molecule has 168 valence electrons. The number of sulfonamides is 1. The van der Waals surface area contributed by atoms with Crippen molar-refractivity contribution in [2.45, 2.75) is 17.4 Å². The molecule has 0 radical (unpaired) electrons. The molecule has 11 heteroatoms. The van der Waals surface area contributed by atoms with Crippen molar-refractivity contribution < 1.29 is 31.8 Å². The third kappa shape index (κ3) is 6.25. The summed E-state index contributed by atoms with van der Waals surface area (Å²) in [7, 11) is -4.20. The predicted molar refractivity (Wildman–Crippen MR) is 115 cm³/mol. The van der Waals surface area contributed by atoms with Gasteiger partial charge in [-0.05, 0) is 42.7 Å². The number of carbonyl (C=O) groups is 1. The van der Waals surface area contributed by atoms with E-state index in [0.717, 1.165) is 12.1 Å². The quantitative estimate of drug-likeness (QED) is 0.485. The van der Waals surface area contributed by atoms with Gasteiger partial charge in [-0.15, -0.1) is 0 Å². The van der Waals surface area contributed by atoms with Gasteiger partial charge in [0.1, 0.15) is 29.1 Å². The Morgan fingerprint density at radius 2 is 2.00 bits per heavy atom. The van der Waals surface area contributed by atoms with Gasteiger partial charge in [-0.1, -0.05) is 12.1 Å². The van der Waals surface area contributed by atoms with E-state index in [0.29, 0.717) is 23.0 Å². The van der Waals surface area contributed by atoms with Crippen molar-refractivity contribution in [1.29, 1.82) is 0 Å². The van der Waals surface area contributed by atoms with Gasteiger partial charge < -0.3 is 19.5 Å². The number of halogens is 1. The van der Waals surface area contributed by atoms with Crippen LogP contribution in [0.5, 0.6) is 17.2 Å². The van der Waals surface area contributed by atoms with Crippen LogP contribution in [0.1, 0.15) is 6.42 Å². The summed E-state index contributed by atoms with van der Waals surface area (Å²) in [5.74, 6) is 0.934. The first-order valence-corrected chi connectivity index (χ1v) is 12.3. The number of rotatable bonds is 11. The van der Waals surface area contributed by atoms with Crippen molar-refractivity contribution in [2.75, 3.05) is 32.0 Å². The fraction of sp³-hybridized carbons (Fsp3) is 0.350.